The summed E-state index contributed by atoms with van der Waals surface area (Å²) in [5, 5.41) is 5.96. The molecule has 8 heteroatoms. The number of rotatable bonds is 6. The maximum Gasteiger partial charge on any atom is 0.287 e. The van der Waals surface area contributed by atoms with Gasteiger partial charge in [0.25, 0.3) is 11.8 Å². The second-order valence-electron chi connectivity index (χ2n) is 7.30. The van der Waals surface area contributed by atoms with Crippen molar-refractivity contribution in [1.29, 1.82) is 0 Å². The lowest BCUT2D eigenvalue weighted by Crippen LogP contribution is -2.41. The predicted molar refractivity (Wildman–Crippen MR) is 95.2 cm³/mol. The SMILES string of the molecule is O=C(NC1CC1)c1nc(C(=O)NCCN2CCOCC2)n2c1CCCC2. The van der Waals surface area contributed by atoms with Gasteiger partial charge in [-0.25, -0.2) is 4.98 Å². The largest absolute Gasteiger partial charge is 0.379 e. The van der Waals surface area contributed by atoms with Crippen molar-refractivity contribution in [3.05, 3.63) is 17.2 Å². The summed E-state index contributed by atoms with van der Waals surface area (Å²) in [4.78, 5) is 31.9. The van der Waals surface area contributed by atoms with Crippen molar-refractivity contribution in [2.75, 3.05) is 39.4 Å². The minimum absolute atomic E-state index is 0.134. The summed E-state index contributed by atoms with van der Waals surface area (Å²) in [6.07, 6.45) is 4.93. The van der Waals surface area contributed by atoms with Crippen LogP contribution in [0.1, 0.15) is 52.5 Å². The highest BCUT2D eigenvalue weighted by molar-refractivity contribution is 5.97. The molecular weight excluding hydrogens is 334 g/mol. The molecule has 3 heterocycles. The minimum atomic E-state index is -0.188. The molecule has 8 nitrogen and oxygen atoms in total. The Morgan fingerprint density at radius 1 is 1.12 bits per heavy atom. The number of carbonyl (C=O) groups excluding carboxylic acids is 2. The number of nitrogens with zero attached hydrogens (tertiary/aromatic N) is 3. The summed E-state index contributed by atoms with van der Waals surface area (Å²) < 4.78 is 7.28. The number of fused-ring (bicyclic) bond motifs is 1. The van der Waals surface area contributed by atoms with Crippen LogP contribution in [-0.2, 0) is 17.7 Å². The van der Waals surface area contributed by atoms with Gasteiger partial charge in [-0.05, 0) is 32.1 Å². The molecule has 0 aromatic carbocycles. The first kappa shape index (κ1) is 17.5. The Balaban J connectivity index is 1.41. The van der Waals surface area contributed by atoms with Crippen molar-refractivity contribution in [1.82, 2.24) is 25.1 Å². The van der Waals surface area contributed by atoms with Gasteiger partial charge in [0.05, 0.1) is 18.9 Å². The summed E-state index contributed by atoms with van der Waals surface area (Å²) in [5.74, 6) is 0.0556. The molecule has 1 aliphatic carbocycles. The van der Waals surface area contributed by atoms with E-state index >= 15 is 0 Å². The molecule has 2 fully saturated rings. The molecule has 0 spiro atoms. The molecule has 0 atom stereocenters. The van der Waals surface area contributed by atoms with Crippen LogP contribution < -0.4 is 10.6 Å². The van der Waals surface area contributed by atoms with Crippen molar-refractivity contribution in [2.24, 2.45) is 0 Å². The average Bonchev–Trinajstić information content (AvgIpc) is 3.39. The van der Waals surface area contributed by atoms with Crippen molar-refractivity contribution >= 4 is 11.8 Å². The molecule has 0 radical (unpaired) electrons. The molecule has 1 aromatic rings. The Labute approximate surface area is 153 Å². The molecule has 3 aliphatic rings. The molecule has 0 bridgehead atoms. The van der Waals surface area contributed by atoms with E-state index in [-0.39, 0.29) is 17.9 Å². The number of nitrogens with one attached hydrogen (secondary N) is 2. The Morgan fingerprint density at radius 2 is 1.92 bits per heavy atom. The quantitative estimate of drug-likeness (QED) is 0.754. The maximum atomic E-state index is 12.7. The van der Waals surface area contributed by atoms with Gasteiger partial charge in [-0.15, -0.1) is 0 Å². The molecule has 2 amide bonds. The number of aromatic nitrogens is 2. The minimum Gasteiger partial charge on any atom is -0.379 e. The highest BCUT2D eigenvalue weighted by Gasteiger charge is 2.30. The van der Waals surface area contributed by atoms with Gasteiger partial charge in [-0.3, -0.25) is 14.5 Å². The van der Waals surface area contributed by atoms with Gasteiger partial charge in [0, 0.05) is 38.8 Å². The van der Waals surface area contributed by atoms with Crippen molar-refractivity contribution in [3.8, 4) is 0 Å². The van der Waals surface area contributed by atoms with Gasteiger partial charge in [0.2, 0.25) is 0 Å². The molecule has 1 aromatic heterocycles. The topological polar surface area (TPSA) is 88.5 Å². The summed E-state index contributed by atoms with van der Waals surface area (Å²) in [5.41, 5.74) is 1.35. The van der Waals surface area contributed by atoms with E-state index in [1.165, 1.54) is 0 Å². The van der Waals surface area contributed by atoms with Gasteiger partial charge >= 0.3 is 0 Å². The monoisotopic (exact) mass is 361 g/mol. The zero-order chi connectivity index (χ0) is 17.9. The molecule has 1 saturated heterocycles. The van der Waals surface area contributed by atoms with Crippen molar-refractivity contribution in [2.45, 2.75) is 44.7 Å². The van der Waals surface area contributed by atoms with Crippen LogP contribution in [0.2, 0.25) is 0 Å². The Kier molecular flexibility index (Phi) is 5.21. The number of amides is 2. The lowest BCUT2D eigenvalue weighted by molar-refractivity contribution is 0.0383. The van der Waals surface area contributed by atoms with E-state index in [2.05, 4.69) is 20.5 Å². The smallest absolute Gasteiger partial charge is 0.287 e. The van der Waals surface area contributed by atoms with Crippen LogP contribution in [0.15, 0.2) is 0 Å². The fourth-order valence-corrected chi connectivity index (χ4v) is 3.61. The Hall–Kier alpha value is -1.93. The van der Waals surface area contributed by atoms with Gasteiger partial charge in [0.15, 0.2) is 5.82 Å². The second-order valence-corrected chi connectivity index (χ2v) is 7.30. The van der Waals surface area contributed by atoms with E-state index in [1.807, 2.05) is 4.57 Å². The van der Waals surface area contributed by atoms with Crippen LogP contribution in [0.4, 0.5) is 0 Å². The molecule has 26 heavy (non-hydrogen) atoms. The number of morpholine rings is 1. The molecule has 142 valence electrons. The first-order valence-electron chi connectivity index (χ1n) is 9.71. The second kappa shape index (κ2) is 7.75. The normalized spacial score (nSPS) is 20.5. The van der Waals surface area contributed by atoms with Crippen LogP contribution in [0, 0.1) is 0 Å². The van der Waals surface area contributed by atoms with Crippen LogP contribution in [0.3, 0.4) is 0 Å². The number of ether oxygens (including phenoxy) is 1. The molecule has 1 saturated carbocycles. The third-order valence-corrected chi connectivity index (χ3v) is 5.27. The Bertz CT molecular complexity index is 677. The molecule has 2 N–H and O–H groups in total. The van der Waals surface area contributed by atoms with Crippen LogP contribution in [-0.4, -0.2) is 71.7 Å². The highest BCUT2D eigenvalue weighted by atomic mass is 16.5. The van der Waals surface area contributed by atoms with Gasteiger partial charge in [0.1, 0.15) is 5.69 Å². The third-order valence-electron chi connectivity index (χ3n) is 5.27. The van der Waals surface area contributed by atoms with Gasteiger partial charge < -0.3 is 19.9 Å². The number of imidazole rings is 1. The molecule has 0 unspecified atom stereocenters. The van der Waals surface area contributed by atoms with E-state index in [9.17, 15) is 9.59 Å². The fraction of sp³-hybridized carbons (Fsp3) is 0.722. The Morgan fingerprint density at radius 3 is 2.69 bits per heavy atom. The first-order valence-corrected chi connectivity index (χ1v) is 9.71. The van der Waals surface area contributed by atoms with E-state index in [0.717, 1.165) is 77.2 Å². The molecule has 2 aliphatic heterocycles. The van der Waals surface area contributed by atoms with Crippen LogP contribution in [0.5, 0.6) is 0 Å². The van der Waals surface area contributed by atoms with E-state index < -0.39 is 0 Å². The molecular formula is C18H27N5O3. The van der Waals surface area contributed by atoms with Crippen molar-refractivity contribution < 1.29 is 14.3 Å². The predicted octanol–water partition coefficient (Wildman–Crippen LogP) is 0.174. The third kappa shape index (κ3) is 3.91. The lowest BCUT2D eigenvalue weighted by Gasteiger charge is -2.26. The standard InChI is InChI=1S/C18H27N5O3/c24-17(20-13-4-5-13)15-14-3-1-2-7-23(14)16(21-15)18(25)19-6-8-22-9-11-26-12-10-22/h13H,1-12H2,(H,19,25)(H,20,24). The van der Waals surface area contributed by atoms with E-state index in [1.54, 1.807) is 0 Å². The van der Waals surface area contributed by atoms with E-state index in [4.69, 9.17) is 4.74 Å². The first-order chi connectivity index (χ1) is 12.7. The summed E-state index contributed by atoms with van der Waals surface area (Å²) >= 11 is 0. The zero-order valence-electron chi connectivity index (χ0n) is 15.1. The average molecular weight is 361 g/mol. The number of hydrogen-bond acceptors (Lipinski definition) is 5. The highest BCUT2D eigenvalue weighted by Crippen LogP contribution is 2.23. The van der Waals surface area contributed by atoms with Crippen LogP contribution >= 0.6 is 0 Å². The van der Waals surface area contributed by atoms with Crippen LogP contribution in [0.25, 0.3) is 0 Å². The van der Waals surface area contributed by atoms with Crippen molar-refractivity contribution in [3.63, 3.8) is 0 Å². The summed E-state index contributed by atoms with van der Waals surface area (Å²) in [6, 6.07) is 0.286. The number of hydrogen-bond donors (Lipinski definition) is 2. The summed E-state index contributed by atoms with van der Waals surface area (Å²) in [6.45, 7) is 5.44. The zero-order valence-corrected chi connectivity index (χ0v) is 15.1. The van der Waals surface area contributed by atoms with E-state index in [0.29, 0.717) is 18.1 Å². The fourth-order valence-electron chi connectivity index (χ4n) is 3.61. The number of carbonyl (C=O) groups is 2. The summed E-state index contributed by atoms with van der Waals surface area (Å²) in [7, 11) is 0. The maximum absolute atomic E-state index is 12.7. The lowest BCUT2D eigenvalue weighted by atomic mass is 10.1. The molecule has 4 rings (SSSR count). The van der Waals surface area contributed by atoms with Gasteiger partial charge in [-0.2, -0.15) is 0 Å². The van der Waals surface area contributed by atoms with Gasteiger partial charge in [-0.1, -0.05) is 0 Å².